The van der Waals surface area contributed by atoms with E-state index in [-0.39, 0.29) is 33.2 Å². The third-order valence-corrected chi connectivity index (χ3v) is 8.98. The Hall–Kier alpha value is -4.29. The van der Waals surface area contributed by atoms with E-state index in [4.69, 9.17) is 11.6 Å². The summed E-state index contributed by atoms with van der Waals surface area (Å²) >= 11 is 6.67. The molecule has 0 N–H and O–H groups in total. The summed E-state index contributed by atoms with van der Waals surface area (Å²) in [6, 6.07) is 11.7. The molecule has 50 heavy (non-hydrogen) atoms. The molecule has 0 atom stereocenters. The standard InChI is InChI=1S/C43H51ClN4O2/c1-26-18-29(14-16-36(26)47-45-24-27-19-31(40(2,3)4)38(49)32(20-27)41(5,6)7)30-15-17-37(35(44)23-30)48-46-25-28-21-33(42(8,9)10)39(50)34(22-28)43(11,12)13/h14-25H,1-13H3/b47-45+,48-46+. The van der Waals surface area contributed by atoms with Crippen molar-refractivity contribution in [3.05, 3.63) is 117 Å². The van der Waals surface area contributed by atoms with Crippen molar-refractivity contribution in [2.24, 2.45) is 42.1 Å². The number of hydrogen-bond acceptors (Lipinski definition) is 6. The number of halogens is 1. The normalized spacial score (nSPS) is 16.5. The van der Waals surface area contributed by atoms with Crippen molar-refractivity contribution in [3.8, 4) is 11.1 Å². The Morgan fingerprint density at radius 3 is 1.20 bits per heavy atom. The van der Waals surface area contributed by atoms with E-state index in [1.54, 1.807) is 12.4 Å². The van der Waals surface area contributed by atoms with Crippen LogP contribution in [0.5, 0.6) is 0 Å². The molecule has 0 radical (unpaired) electrons. The minimum Gasteiger partial charge on any atom is -0.289 e. The molecule has 6 nitrogen and oxygen atoms in total. The number of Topliss-reactive ketones (excluding diaryl/α,β-unsaturated/α-hetero) is 2. The van der Waals surface area contributed by atoms with Gasteiger partial charge in [-0.25, -0.2) is 0 Å². The number of aryl methyl sites for hydroxylation is 1. The fourth-order valence-corrected chi connectivity index (χ4v) is 5.93. The second-order valence-electron chi connectivity index (χ2n) is 17.2. The van der Waals surface area contributed by atoms with Crippen molar-refractivity contribution >= 4 is 34.5 Å². The molecule has 0 fully saturated rings. The summed E-state index contributed by atoms with van der Waals surface area (Å²) in [7, 11) is 0. The van der Waals surface area contributed by atoms with Gasteiger partial charge < -0.3 is 0 Å². The molecule has 0 saturated heterocycles. The molecule has 0 aromatic heterocycles. The van der Waals surface area contributed by atoms with Gasteiger partial charge in [-0.3, -0.25) is 9.59 Å². The first-order chi connectivity index (χ1) is 23.0. The van der Waals surface area contributed by atoms with Crippen LogP contribution in [-0.4, -0.2) is 11.6 Å². The number of azo groups is 2. The summed E-state index contributed by atoms with van der Waals surface area (Å²) < 4.78 is 0. The van der Waals surface area contributed by atoms with Crippen LogP contribution in [0, 0.1) is 28.6 Å². The Balaban J connectivity index is 1.55. The van der Waals surface area contributed by atoms with Gasteiger partial charge >= 0.3 is 0 Å². The van der Waals surface area contributed by atoms with E-state index in [1.807, 2.05) is 103 Å². The van der Waals surface area contributed by atoms with E-state index in [2.05, 4.69) is 68.1 Å². The zero-order chi connectivity index (χ0) is 37.4. The molecule has 0 unspecified atom stereocenters. The van der Waals surface area contributed by atoms with Gasteiger partial charge in [0.05, 0.1) is 23.1 Å². The quantitative estimate of drug-likeness (QED) is 0.292. The topological polar surface area (TPSA) is 83.6 Å². The Kier molecular flexibility index (Phi) is 10.9. The third-order valence-electron chi connectivity index (χ3n) is 8.68. The molecule has 2 aliphatic carbocycles. The van der Waals surface area contributed by atoms with Gasteiger partial charge in [0.15, 0.2) is 11.6 Å². The van der Waals surface area contributed by atoms with Gasteiger partial charge in [0, 0.05) is 22.3 Å². The van der Waals surface area contributed by atoms with Gasteiger partial charge in [-0.15, -0.1) is 5.11 Å². The highest BCUT2D eigenvalue weighted by molar-refractivity contribution is 6.33. The fraction of sp³-hybridized carbons (Fsp3) is 0.395. The highest BCUT2D eigenvalue weighted by atomic mass is 35.5. The van der Waals surface area contributed by atoms with Crippen LogP contribution < -0.4 is 0 Å². The molecule has 0 bridgehead atoms. The minimum absolute atomic E-state index is 0.0823. The maximum absolute atomic E-state index is 13.2. The second kappa shape index (κ2) is 14.1. The first-order valence-electron chi connectivity index (χ1n) is 17.1. The fourth-order valence-electron chi connectivity index (χ4n) is 5.71. The average Bonchev–Trinajstić information content (AvgIpc) is 2.97. The third kappa shape index (κ3) is 9.08. The number of carbonyl (C=O) groups excluding carboxylic acids is 2. The van der Waals surface area contributed by atoms with E-state index in [0.29, 0.717) is 10.7 Å². The first-order valence-corrected chi connectivity index (χ1v) is 17.5. The lowest BCUT2D eigenvalue weighted by atomic mass is 9.72. The highest BCUT2D eigenvalue weighted by Crippen LogP contribution is 2.41. The number of benzene rings is 2. The maximum atomic E-state index is 13.2. The van der Waals surface area contributed by atoms with E-state index in [9.17, 15) is 9.59 Å². The Morgan fingerprint density at radius 2 is 0.860 bits per heavy atom. The monoisotopic (exact) mass is 690 g/mol. The van der Waals surface area contributed by atoms with Crippen LogP contribution in [0.4, 0.5) is 11.4 Å². The van der Waals surface area contributed by atoms with Crippen molar-refractivity contribution < 1.29 is 9.59 Å². The Bertz CT molecular complexity index is 1750. The van der Waals surface area contributed by atoms with Crippen LogP contribution >= 0.6 is 11.6 Å². The number of carbonyl (C=O) groups is 2. The summed E-state index contributed by atoms with van der Waals surface area (Å²) in [5, 5.41) is 18.1. The molecule has 2 aliphatic rings. The zero-order valence-corrected chi connectivity index (χ0v) is 32.7. The van der Waals surface area contributed by atoms with Crippen LogP contribution in [0.25, 0.3) is 11.1 Å². The molecule has 2 aromatic carbocycles. The SMILES string of the molecule is Cc1cc(-c2ccc(/N=N/C=C3C=C(C(C)(C)C)C(=O)C(C(C)(C)C)=C3)c(Cl)c2)ccc1/N=N/C=C1C=C(C(C)(C)C)C(=O)C(C(C)(C)C)=C1. The van der Waals surface area contributed by atoms with Gasteiger partial charge in [0.1, 0.15) is 5.69 Å². The van der Waals surface area contributed by atoms with Crippen LogP contribution in [-0.2, 0) is 9.59 Å². The van der Waals surface area contributed by atoms with Gasteiger partial charge in [0.25, 0.3) is 0 Å². The average molecular weight is 691 g/mol. The smallest absolute Gasteiger partial charge is 0.186 e. The van der Waals surface area contributed by atoms with E-state index < -0.39 is 0 Å². The Labute approximate surface area is 303 Å². The number of rotatable bonds is 5. The molecule has 0 heterocycles. The Morgan fingerprint density at radius 1 is 0.520 bits per heavy atom. The van der Waals surface area contributed by atoms with Gasteiger partial charge in [-0.2, -0.15) is 15.3 Å². The lowest BCUT2D eigenvalue weighted by molar-refractivity contribution is -0.114. The van der Waals surface area contributed by atoms with Crippen molar-refractivity contribution in [1.82, 2.24) is 0 Å². The molecule has 0 amide bonds. The van der Waals surface area contributed by atoms with Crippen LogP contribution in [0.3, 0.4) is 0 Å². The summed E-state index contributed by atoms with van der Waals surface area (Å²) in [6.45, 7) is 26.6. The van der Waals surface area contributed by atoms with Crippen LogP contribution in [0.2, 0.25) is 5.02 Å². The summed E-state index contributed by atoms with van der Waals surface area (Å²) in [5.74, 6) is 0.176. The second-order valence-corrected chi connectivity index (χ2v) is 17.7. The van der Waals surface area contributed by atoms with Crippen molar-refractivity contribution in [1.29, 1.82) is 0 Å². The molecule has 4 rings (SSSR count). The van der Waals surface area contributed by atoms with Gasteiger partial charge in [-0.1, -0.05) is 107 Å². The van der Waals surface area contributed by atoms with Crippen molar-refractivity contribution in [2.45, 2.75) is 90.0 Å². The molecule has 0 saturated carbocycles. The number of allylic oxidation sites excluding steroid dienone is 10. The van der Waals surface area contributed by atoms with Crippen molar-refractivity contribution in [2.75, 3.05) is 0 Å². The van der Waals surface area contributed by atoms with E-state index >= 15 is 0 Å². The predicted molar refractivity (Wildman–Crippen MR) is 207 cm³/mol. The summed E-state index contributed by atoms with van der Waals surface area (Å²) in [6.07, 6.45) is 11.0. The molecular formula is C43H51ClN4O2. The predicted octanol–water partition coefficient (Wildman–Crippen LogP) is 13.3. The minimum atomic E-state index is -0.298. The summed E-state index contributed by atoms with van der Waals surface area (Å²) in [5.41, 5.74) is 7.76. The van der Waals surface area contributed by atoms with Crippen LogP contribution in [0.1, 0.15) is 88.6 Å². The lowest BCUT2D eigenvalue weighted by Gasteiger charge is -2.31. The molecular weight excluding hydrogens is 640 g/mol. The highest BCUT2D eigenvalue weighted by Gasteiger charge is 2.35. The first kappa shape index (κ1) is 38.5. The zero-order valence-electron chi connectivity index (χ0n) is 31.9. The number of nitrogens with zero attached hydrogens (tertiary/aromatic N) is 4. The number of hydrogen-bond donors (Lipinski definition) is 0. The molecule has 0 aliphatic heterocycles. The molecule has 262 valence electrons. The number of ketones is 2. The molecule has 0 spiro atoms. The largest absolute Gasteiger partial charge is 0.289 e. The summed E-state index contributed by atoms with van der Waals surface area (Å²) in [4.78, 5) is 26.5. The van der Waals surface area contributed by atoms with Gasteiger partial charge in [-0.05, 0) is 105 Å². The lowest BCUT2D eigenvalue weighted by Crippen LogP contribution is -2.27. The van der Waals surface area contributed by atoms with E-state index in [1.165, 1.54) is 0 Å². The molecule has 2 aromatic rings. The van der Waals surface area contributed by atoms with Crippen LogP contribution in [0.15, 0.2) is 127 Å². The van der Waals surface area contributed by atoms with E-state index in [0.717, 1.165) is 55.8 Å². The maximum Gasteiger partial charge on any atom is 0.186 e. The molecule has 7 heteroatoms. The van der Waals surface area contributed by atoms with Gasteiger partial charge in [0.2, 0.25) is 0 Å². The van der Waals surface area contributed by atoms with Crippen molar-refractivity contribution in [3.63, 3.8) is 0 Å².